The minimum atomic E-state index is -0.0695. The largest absolute Gasteiger partial charge is 0.325 e. The van der Waals surface area contributed by atoms with E-state index in [2.05, 4.69) is 31.5 Å². The summed E-state index contributed by atoms with van der Waals surface area (Å²) in [6, 6.07) is 13.3. The lowest BCUT2D eigenvalue weighted by Gasteiger charge is -2.07. The van der Waals surface area contributed by atoms with Crippen molar-refractivity contribution in [3.05, 3.63) is 58.3 Å². The lowest BCUT2D eigenvalue weighted by molar-refractivity contribution is -0.115. The summed E-state index contributed by atoms with van der Waals surface area (Å²) in [6.07, 6.45) is 0. The van der Waals surface area contributed by atoms with Crippen LogP contribution in [0, 0.1) is 6.92 Å². The molecule has 0 bridgehead atoms. The van der Waals surface area contributed by atoms with Gasteiger partial charge in [0.25, 0.3) is 0 Å². The minimum absolute atomic E-state index is 0.0695. The quantitative estimate of drug-likeness (QED) is 0.884. The zero-order valence-corrected chi connectivity index (χ0v) is 12.8. The zero-order valence-electron chi connectivity index (χ0n) is 11.2. The van der Waals surface area contributed by atoms with Crippen LogP contribution in [0.2, 0.25) is 0 Å². The number of nitrogens with one attached hydrogen (secondary N) is 2. The molecule has 0 atom stereocenters. The van der Waals surface area contributed by atoms with Crippen molar-refractivity contribution < 1.29 is 4.79 Å². The molecule has 0 radical (unpaired) electrons. The number of anilines is 1. The van der Waals surface area contributed by atoms with Gasteiger partial charge in [-0.1, -0.05) is 22.0 Å². The molecular formula is C15H16BrN3O. The van der Waals surface area contributed by atoms with Gasteiger partial charge in [-0.15, -0.1) is 0 Å². The SMILES string of the molecule is Cc1cccc(CNCC(=O)Nc2ccc(Br)cc2)n1. The maximum atomic E-state index is 11.7. The number of halogens is 1. The Kier molecular flexibility index (Phi) is 5.26. The standard InChI is InChI=1S/C15H16BrN3O/c1-11-3-2-4-14(18-11)9-17-10-15(20)19-13-7-5-12(16)6-8-13/h2-8,17H,9-10H2,1H3,(H,19,20). The van der Waals surface area contributed by atoms with Crippen molar-refractivity contribution >= 4 is 27.5 Å². The predicted molar refractivity (Wildman–Crippen MR) is 83.5 cm³/mol. The fourth-order valence-electron chi connectivity index (χ4n) is 1.74. The van der Waals surface area contributed by atoms with Gasteiger partial charge in [0.05, 0.1) is 12.2 Å². The van der Waals surface area contributed by atoms with Crippen LogP contribution in [0.5, 0.6) is 0 Å². The van der Waals surface area contributed by atoms with Crippen LogP contribution in [0.25, 0.3) is 0 Å². The zero-order chi connectivity index (χ0) is 14.4. The number of carbonyl (C=O) groups is 1. The number of hydrogen-bond acceptors (Lipinski definition) is 3. The van der Waals surface area contributed by atoms with Gasteiger partial charge in [0.1, 0.15) is 0 Å². The summed E-state index contributed by atoms with van der Waals surface area (Å²) in [5.74, 6) is -0.0695. The maximum Gasteiger partial charge on any atom is 0.238 e. The Morgan fingerprint density at radius 3 is 2.65 bits per heavy atom. The molecule has 2 N–H and O–H groups in total. The van der Waals surface area contributed by atoms with Gasteiger partial charge in [-0.05, 0) is 43.3 Å². The molecule has 0 unspecified atom stereocenters. The molecule has 0 saturated carbocycles. The first-order valence-electron chi connectivity index (χ1n) is 6.32. The molecule has 2 rings (SSSR count). The molecule has 1 amide bonds. The molecule has 4 nitrogen and oxygen atoms in total. The minimum Gasteiger partial charge on any atom is -0.325 e. The molecule has 1 aromatic heterocycles. The number of aryl methyl sites for hydroxylation is 1. The van der Waals surface area contributed by atoms with E-state index in [1.165, 1.54) is 0 Å². The van der Waals surface area contributed by atoms with E-state index < -0.39 is 0 Å². The maximum absolute atomic E-state index is 11.7. The van der Waals surface area contributed by atoms with Crippen LogP contribution in [0.4, 0.5) is 5.69 Å². The second-order valence-corrected chi connectivity index (χ2v) is 5.34. The molecule has 2 aromatic rings. The van der Waals surface area contributed by atoms with E-state index in [0.29, 0.717) is 6.54 Å². The van der Waals surface area contributed by atoms with Crippen molar-refractivity contribution in [3.8, 4) is 0 Å². The summed E-state index contributed by atoms with van der Waals surface area (Å²) in [6.45, 7) is 2.78. The molecule has 20 heavy (non-hydrogen) atoms. The highest BCUT2D eigenvalue weighted by atomic mass is 79.9. The van der Waals surface area contributed by atoms with Crippen LogP contribution in [0.15, 0.2) is 46.9 Å². The number of benzene rings is 1. The number of amides is 1. The van der Waals surface area contributed by atoms with Gasteiger partial charge in [0.15, 0.2) is 0 Å². The Labute approximate surface area is 126 Å². The number of hydrogen-bond donors (Lipinski definition) is 2. The smallest absolute Gasteiger partial charge is 0.238 e. The number of rotatable bonds is 5. The summed E-state index contributed by atoms with van der Waals surface area (Å²) in [7, 11) is 0. The van der Waals surface area contributed by atoms with E-state index >= 15 is 0 Å². The average Bonchev–Trinajstić information content (AvgIpc) is 2.41. The second-order valence-electron chi connectivity index (χ2n) is 4.43. The lowest BCUT2D eigenvalue weighted by Crippen LogP contribution is -2.28. The highest BCUT2D eigenvalue weighted by molar-refractivity contribution is 9.10. The molecule has 0 aliphatic rings. The van der Waals surface area contributed by atoms with Gasteiger partial charge in [0.2, 0.25) is 5.91 Å². The van der Waals surface area contributed by atoms with Crippen molar-refractivity contribution in [1.82, 2.24) is 10.3 Å². The van der Waals surface area contributed by atoms with Gasteiger partial charge in [-0.25, -0.2) is 0 Å². The van der Waals surface area contributed by atoms with Crippen molar-refractivity contribution in [3.63, 3.8) is 0 Å². The summed E-state index contributed by atoms with van der Waals surface area (Å²) in [5, 5.41) is 5.90. The Bertz CT molecular complexity index is 584. The topological polar surface area (TPSA) is 54.0 Å². The second kappa shape index (κ2) is 7.17. The molecule has 1 heterocycles. The van der Waals surface area contributed by atoms with Crippen LogP contribution in [0.3, 0.4) is 0 Å². The van der Waals surface area contributed by atoms with Gasteiger partial charge < -0.3 is 10.6 Å². The molecule has 5 heteroatoms. The van der Waals surface area contributed by atoms with Crippen LogP contribution < -0.4 is 10.6 Å². The molecular weight excluding hydrogens is 318 g/mol. The molecule has 0 fully saturated rings. The Balaban J connectivity index is 1.76. The number of pyridine rings is 1. The van der Waals surface area contributed by atoms with E-state index in [0.717, 1.165) is 21.5 Å². The van der Waals surface area contributed by atoms with E-state index in [1.54, 1.807) is 0 Å². The van der Waals surface area contributed by atoms with Gasteiger partial charge in [-0.2, -0.15) is 0 Å². The van der Waals surface area contributed by atoms with Crippen molar-refractivity contribution in [1.29, 1.82) is 0 Å². The number of nitrogens with zero attached hydrogens (tertiary/aromatic N) is 1. The molecule has 0 aliphatic carbocycles. The van der Waals surface area contributed by atoms with Crippen LogP contribution in [-0.4, -0.2) is 17.4 Å². The Morgan fingerprint density at radius 2 is 1.95 bits per heavy atom. The summed E-state index contributed by atoms with van der Waals surface area (Å²) in [4.78, 5) is 16.1. The first-order valence-corrected chi connectivity index (χ1v) is 7.11. The monoisotopic (exact) mass is 333 g/mol. The van der Waals surface area contributed by atoms with Crippen molar-refractivity contribution in [2.24, 2.45) is 0 Å². The normalized spacial score (nSPS) is 10.3. The van der Waals surface area contributed by atoms with Gasteiger partial charge in [-0.3, -0.25) is 9.78 Å². The van der Waals surface area contributed by atoms with E-state index in [9.17, 15) is 4.79 Å². The molecule has 0 spiro atoms. The predicted octanol–water partition coefficient (Wildman–Crippen LogP) is 2.88. The van der Waals surface area contributed by atoms with Crippen LogP contribution in [-0.2, 0) is 11.3 Å². The fourth-order valence-corrected chi connectivity index (χ4v) is 2.00. The third-order valence-electron chi connectivity index (χ3n) is 2.67. The summed E-state index contributed by atoms with van der Waals surface area (Å²) < 4.78 is 0.985. The molecule has 1 aromatic carbocycles. The molecule has 0 saturated heterocycles. The Morgan fingerprint density at radius 1 is 1.20 bits per heavy atom. The van der Waals surface area contributed by atoms with E-state index in [-0.39, 0.29) is 12.5 Å². The lowest BCUT2D eigenvalue weighted by atomic mass is 10.3. The third kappa shape index (κ3) is 4.75. The highest BCUT2D eigenvalue weighted by Gasteiger charge is 2.02. The van der Waals surface area contributed by atoms with Crippen molar-refractivity contribution in [2.75, 3.05) is 11.9 Å². The first-order chi connectivity index (χ1) is 9.63. The first kappa shape index (κ1) is 14.7. The van der Waals surface area contributed by atoms with Crippen LogP contribution >= 0.6 is 15.9 Å². The summed E-state index contributed by atoms with van der Waals surface area (Å²) in [5.41, 5.74) is 2.69. The van der Waals surface area contributed by atoms with Gasteiger partial charge in [0, 0.05) is 22.4 Å². The number of carbonyl (C=O) groups excluding carboxylic acids is 1. The fraction of sp³-hybridized carbons (Fsp3) is 0.200. The van der Waals surface area contributed by atoms with Crippen molar-refractivity contribution in [2.45, 2.75) is 13.5 Å². The van der Waals surface area contributed by atoms with Crippen LogP contribution in [0.1, 0.15) is 11.4 Å². The average molecular weight is 334 g/mol. The van der Waals surface area contributed by atoms with E-state index in [4.69, 9.17) is 0 Å². The van der Waals surface area contributed by atoms with Gasteiger partial charge >= 0.3 is 0 Å². The Hall–Kier alpha value is -1.72. The number of aromatic nitrogens is 1. The van der Waals surface area contributed by atoms with E-state index in [1.807, 2.05) is 49.4 Å². The highest BCUT2D eigenvalue weighted by Crippen LogP contribution is 2.13. The molecule has 0 aliphatic heterocycles. The summed E-state index contributed by atoms with van der Waals surface area (Å²) >= 11 is 3.35. The third-order valence-corrected chi connectivity index (χ3v) is 3.19. The molecule has 104 valence electrons.